The van der Waals surface area contributed by atoms with Crippen molar-refractivity contribution in [3.63, 3.8) is 0 Å². The number of ether oxygens (including phenoxy) is 1. The summed E-state index contributed by atoms with van der Waals surface area (Å²) in [4.78, 5) is 12.7. The van der Waals surface area contributed by atoms with Crippen LogP contribution >= 0.6 is 15.9 Å². The van der Waals surface area contributed by atoms with Crippen LogP contribution in [-0.4, -0.2) is 34.0 Å². The second-order valence-electron chi connectivity index (χ2n) is 7.24. The Morgan fingerprint density at radius 2 is 1.76 bits per heavy atom. The number of methoxy groups -OCH3 is 1. The molecule has 0 bridgehead atoms. The number of sulfonamides is 1. The minimum absolute atomic E-state index is 0.0652. The third kappa shape index (κ3) is 5.73. The van der Waals surface area contributed by atoms with Crippen molar-refractivity contribution in [2.24, 2.45) is 5.92 Å². The lowest BCUT2D eigenvalue weighted by atomic mass is 10.1. The van der Waals surface area contributed by atoms with E-state index < -0.39 is 10.0 Å². The zero-order valence-electron chi connectivity index (χ0n) is 17.3. The van der Waals surface area contributed by atoms with Crippen molar-refractivity contribution < 1.29 is 17.9 Å². The van der Waals surface area contributed by atoms with Gasteiger partial charge in [-0.15, -0.1) is 0 Å². The summed E-state index contributed by atoms with van der Waals surface area (Å²) in [6.45, 7) is 7.49. The molecular weight excluding hydrogens is 456 g/mol. The number of nitrogens with zero attached hydrogens (tertiary/aromatic N) is 1. The van der Waals surface area contributed by atoms with Crippen molar-refractivity contribution >= 4 is 37.5 Å². The molecule has 0 saturated carbocycles. The van der Waals surface area contributed by atoms with Crippen molar-refractivity contribution in [3.8, 4) is 5.75 Å². The van der Waals surface area contributed by atoms with Gasteiger partial charge in [-0.3, -0.25) is 9.10 Å². The van der Waals surface area contributed by atoms with Crippen molar-refractivity contribution in [2.45, 2.75) is 38.6 Å². The number of anilines is 1. The molecule has 0 spiro atoms. The number of carbonyl (C=O) groups excluding carboxylic acids is 1. The summed E-state index contributed by atoms with van der Waals surface area (Å²) in [5.74, 6) is 0.401. The minimum atomic E-state index is -3.98. The van der Waals surface area contributed by atoms with Crippen LogP contribution in [0.25, 0.3) is 0 Å². The molecule has 0 fully saturated rings. The number of aryl methyl sites for hydroxylation is 1. The predicted octanol–water partition coefficient (Wildman–Crippen LogP) is 4.12. The van der Waals surface area contributed by atoms with E-state index in [9.17, 15) is 13.2 Å². The first-order valence-corrected chi connectivity index (χ1v) is 11.5. The van der Waals surface area contributed by atoms with Crippen LogP contribution in [0, 0.1) is 12.8 Å². The number of rotatable bonds is 8. The van der Waals surface area contributed by atoms with E-state index in [1.807, 2.05) is 39.8 Å². The van der Waals surface area contributed by atoms with Crippen LogP contribution < -0.4 is 14.4 Å². The summed E-state index contributed by atoms with van der Waals surface area (Å²) in [6, 6.07) is 11.5. The maximum atomic E-state index is 13.4. The van der Waals surface area contributed by atoms with Gasteiger partial charge in [0.05, 0.1) is 22.2 Å². The van der Waals surface area contributed by atoms with Gasteiger partial charge in [-0.1, -0.05) is 31.5 Å². The lowest BCUT2D eigenvalue weighted by molar-refractivity contribution is -0.120. The van der Waals surface area contributed by atoms with E-state index in [2.05, 4.69) is 21.2 Å². The number of nitrogens with one attached hydrogen (secondary N) is 1. The Morgan fingerprint density at radius 3 is 2.28 bits per heavy atom. The molecule has 0 unspecified atom stereocenters. The molecule has 29 heavy (non-hydrogen) atoms. The van der Waals surface area contributed by atoms with Gasteiger partial charge in [-0.05, 0) is 66.0 Å². The van der Waals surface area contributed by atoms with Crippen LogP contribution in [0.1, 0.15) is 26.3 Å². The van der Waals surface area contributed by atoms with Crippen molar-refractivity contribution in [1.29, 1.82) is 0 Å². The molecule has 0 heterocycles. The van der Waals surface area contributed by atoms with Gasteiger partial charge in [0.15, 0.2) is 0 Å². The number of carbonyl (C=O) groups is 1. The summed E-state index contributed by atoms with van der Waals surface area (Å²) < 4.78 is 33.6. The molecule has 0 aliphatic carbocycles. The van der Waals surface area contributed by atoms with E-state index in [-0.39, 0.29) is 29.3 Å². The fourth-order valence-corrected chi connectivity index (χ4v) is 4.70. The second kappa shape index (κ2) is 9.63. The Morgan fingerprint density at radius 1 is 1.14 bits per heavy atom. The summed E-state index contributed by atoms with van der Waals surface area (Å²) in [6.07, 6.45) is 0. The van der Waals surface area contributed by atoms with Crippen LogP contribution in [0.15, 0.2) is 51.8 Å². The molecule has 1 atom stereocenters. The van der Waals surface area contributed by atoms with Gasteiger partial charge in [0.2, 0.25) is 5.91 Å². The van der Waals surface area contributed by atoms with Crippen LogP contribution in [0.5, 0.6) is 5.75 Å². The third-order valence-corrected chi connectivity index (χ3v) is 7.10. The van der Waals surface area contributed by atoms with E-state index >= 15 is 0 Å². The SMILES string of the molecule is COc1ccc(S(=O)(=O)N(CC(=O)N[C@H](C)C(C)C)c2ccc(C)cc2)cc1Br. The zero-order chi connectivity index (χ0) is 21.8. The first-order chi connectivity index (χ1) is 13.6. The quantitative estimate of drug-likeness (QED) is 0.613. The maximum absolute atomic E-state index is 13.4. The maximum Gasteiger partial charge on any atom is 0.264 e. The Hall–Kier alpha value is -2.06. The summed E-state index contributed by atoms with van der Waals surface area (Å²) >= 11 is 3.33. The summed E-state index contributed by atoms with van der Waals surface area (Å²) in [7, 11) is -2.47. The molecule has 2 rings (SSSR count). The Labute approximate surface area is 181 Å². The van der Waals surface area contributed by atoms with Gasteiger partial charge in [0, 0.05) is 6.04 Å². The van der Waals surface area contributed by atoms with E-state index in [4.69, 9.17) is 4.74 Å². The fraction of sp³-hybridized carbons (Fsp3) is 0.381. The molecule has 2 aromatic carbocycles. The summed E-state index contributed by atoms with van der Waals surface area (Å²) in [5.41, 5.74) is 1.42. The molecule has 0 aliphatic heterocycles. The van der Waals surface area contributed by atoms with Gasteiger partial charge in [0.25, 0.3) is 10.0 Å². The topological polar surface area (TPSA) is 75.7 Å². The van der Waals surface area contributed by atoms with Crippen LogP contribution in [0.4, 0.5) is 5.69 Å². The molecule has 0 radical (unpaired) electrons. The number of hydrogen-bond acceptors (Lipinski definition) is 4. The van der Waals surface area contributed by atoms with E-state index in [0.29, 0.717) is 15.9 Å². The average molecular weight is 483 g/mol. The highest BCUT2D eigenvalue weighted by molar-refractivity contribution is 9.10. The highest BCUT2D eigenvalue weighted by atomic mass is 79.9. The van der Waals surface area contributed by atoms with Gasteiger partial charge in [-0.2, -0.15) is 0 Å². The van der Waals surface area contributed by atoms with Gasteiger partial charge < -0.3 is 10.1 Å². The lowest BCUT2D eigenvalue weighted by Crippen LogP contribution is -2.45. The molecule has 1 amide bonds. The molecule has 0 aliphatic rings. The summed E-state index contributed by atoms with van der Waals surface area (Å²) in [5, 5.41) is 2.87. The van der Waals surface area contributed by atoms with Crippen LogP contribution in [-0.2, 0) is 14.8 Å². The first-order valence-electron chi connectivity index (χ1n) is 9.28. The van der Waals surface area contributed by atoms with E-state index in [0.717, 1.165) is 9.87 Å². The number of amides is 1. The van der Waals surface area contributed by atoms with Crippen LogP contribution in [0.3, 0.4) is 0 Å². The van der Waals surface area contributed by atoms with Gasteiger partial charge in [0.1, 0.15) is 12.3 Å². The largest absolute Gasteiger partial charge is 0.496 e. The zero-order valence-corrected chi connectivity index (χ0v) is 19.7. The van der Waals surface area contributed by atoms with Gasteiger partial charge >= 0.3 is 0 Å². The molecular formula is C21H27BrN2O4S. The van der Waals surface area contributed by atoms with E-state index in [1.54, 1.807) is 18.2 Å². The molecule has 6 nitrogen and oxygen atoms in total. The second-order valence-corrected chi connectivity index (χ2v) is 9.96. The standard InChI is InChI=1S/C21H27BrN2O4S/c1-14(2)16(4)23-21(25)13-24(17-8-6-15(3)7-9-17)29(26,27)18-10-11-20(28-5)19(22)12-18/h6-12,14,16H,13H2,1-5H3,(H,23,25)/t16-/m1/s1. The van der Waals surface area contributed by atoms with Gasteiger partial charge in [-0.25, -0.2) is 8.42 Å². The fourth-order valence-electron chi connectivity index (χ4n) is 2.56. The third-order valence-electron chi connectivity index (χ3n) is 4.71. The van der Waals surface area contributed by atoms with Crippen molar-refractivity contribution in [2.75, 3.05) is 18.0 Å². The highest BCUT2D eigenvalue weighted by Gasteiger charge is 2.28. The number of hydrogen-bond donors (Lipinski definition) is 1. The molecule has 1 N–H and O–H groups in total. The Kier molecular flexibility index (Phi) is 7.71. The molecule has 0 aromatic heterocycles. The average Bonchev–Trinajstić information content (AvgIpc) is 2.66. The first kappa shape index (κ1) is 23.2. The normalized spacial score (nSPS) is 12.5. The lowest BCUT2D eigenvalue weighted by Gasteiger charge is -2.26. The predicted molar refractivity (Wildman–Crippen MR) is 119 cm³/mol. The Bertz CT molecular complexity index is 959. The molecule has 158 valence electrons. The number of halogens is 1. The molecule has 2 aromatic rings. The minimum Gasteiger partial charge on any atom is -0.496 e. The monoisotopic (exact) mass is 482 g/mol. The van der Waals surface area contributed by atoms with E-state index in [1.165, 1.54) is 19.2 Å². The smallest absolute Gasteiger partial charge is 0.264 e. The number of benzene rings is 2. The Balaban J connectivity index is 2.44. The van der Waals surface area contributed by atoms with Crippen molar-refractivity contribution in [3.05, 3.63) is 52.5 Å². The molecule has 0 saturated heterocycles. The highest BCUT2D eigenvalue weighted by Crippen LogP contribution is 2.30. The van der Waals surface area contributed by atoms with Crippen molar-refractivity contribution in [1.82, 2.24) is 5.32 Å². The molecule has 8 heteroatoms. The van der Waals surface area contributed by atoms with Crippen LogP contribution in [0.2, 0.25) is 0 Å².